The van der Waals surface area contributed by atoms with Crippen LogP contribution in [0.25, 0.3) is 0 Å². The largest absolute Gasteiger partial charge is 2.00 e. The average Bonchev–Trinajstić information content (AvgIpc) is 3.32. The smallest absolute Gasteiger partial charge is 0.508 e. The molecule has 0 bridgehead atoms. The summed E-state index contributed by atoms with van der Waals surface area (Å²) in [5.41, 5.74) is 0. The van der Waals surface area contributed by atoms with E-state index in [1.54, 1.807) is 12.1 Å². The summed E-state index contributed by atoms with van der Waals surface area (Å²) >= 11 is 22.0. The van der Waals surface area contributed by atoms with E-state index in [0.29, 0.717) is 20.1 Å². The van der Waals surface area contributed by atoms with Gasteiger partial charge >= 0.3 is 26.2 Å². The predicted molar refractivity (Wildman–Crippen MR) is 119 cm³/mol. The molecule has 0 unspecified atom stereocenters. The summed E-state index contributed by atoms with van der Waals surface area (Å²) < 4.78 is 0. The fourth-order valence-corrected chi connectivity index (χ4v) is 2.79. The molecule has 2 N–H and O–H groups in total. The van der Waals surface area contributed by atoms with Crippen LogP contribution in [0, 0.1) is 12.2 Å². The van der Waals surface area contributed by atoms with E-state index in [1.165, 1.54) is 24.3 Å². The van der Waals surface area contributed by atoms with Crippen LogP contribution >= 0.6 is 46.4 Å². The maximum atomic E-state index is 8.82. The van der Waals surface area contributed by atoms with Crippen molar-refractivity contribution in [1.82, 2.24) is 0 Å². The molecule has 7 heteroatoms. The van der Waals surface area contributed by atoms with Crippen LogP contribution in [-0.2, 0) is 26.2 Å². The summed E-state index contributed by atoms with van der Waals surface area (Å²) in [7, 11) is 0. The van der Waals surface area contributed by atoms with Gasteiger partial charge in [-0.25, -0.2) is 24.3 Å². The minimum absolute atomic E-state index is 0. The maximum Gasteiger partial charge on any atom is 2.00 e. The number of hydrogen-bond donors (Lipinski definition) is 2. The minimum atomic E-state index is 0. The standard InChI is InChI=1S/2C6H4Cl2O.2C5H5.Zr/c2*7-4-1-5(8)3-6(9)2-4;2*1-2-4-5-3-1;/h2*1-3,9H;2*1-3H,4H2;/q;;2*-1;+2. The zero-order chi connectivity index (χ0) is 20.8. The molecule has 29 heavy (non-hydrogen) atoms. The minimum Gasteiger partial charge on any atom is -0.508 e. The monoisotopic (exact) mass is 544 g/mol. The normalized spacial score (nSPS) is 12.0. The first-order valence-corrected chi connectivity index (χ1v) is 9.61. The summed E-state index contributed by atoms with van der Waals surface area (Å²) in [4.78, 5) is 0. The van der Waals surface area contributed by atoms with Crippen LogP contribution < -0.4 is 0 Å². The molecule has 0 saturated carbocycles. The molecule has 0 saturated heterocycles. The number of phenolic OH excluding ortho intramolecular Hbond substituents is 2. The van der Waals surface area contributed by atoms with E-state index in [2.05, 4.69) is 24.3 Å². The van der Waals surface area contributed by atoms with Crippen molar-refractivity contribution in [2.24, 2.45) is 0 Å². The van der Waals surface area contributed by atoms with Gasteiger partial charge in [0.15, 0.2) is 0 Å². The molecule has 2 aromatic carbocycles. The SMILES string of the molecule is Oc1cc(Cl)cc(Cl)c1.Oc1cc(Cl)cc(Cl)c1.[C-]1=CC=CC1.[C-]1=CC=CC1.[Zr+2]. The van der Waals surface area contributed by atoms with Crippen LogP contribution in [0.15, 0.2) is 72.9 Å². The van der Waals surface area contributed by atoms with Crippen LogP contribution in [0.5, 0.6) is 11.5 Å². The molecule has 0 aromatic heterocycles. The number of aromatic hydroxyl groups is 2. The molecule has 4 rings (SSSR count). The molecular formula is C22H18Cl4O2Zr. The fraction of sp³-hybridized carbons (Fsp3) is 0.0909. The van der Waals surface area contributed by atoms with Crippen LogP contribution in [0.4, 0.5) is 0 Å². The number of halogens is 4. The molecule has 0 heterocycles. The third kappa shape index (κ3) is 15.5. The van der Waals surface area contributed by atoms with Crippen molar-refractivity contribution in [2.75, 3.05) is 0 Å². The Morgan fingerprint density at radius 1 is 0.586 bits per heavy atom. The molecular weight excluding hydrogens is 529 g/mol. The number of rotatable bonds is 0. The molecule has 2 nitrogen and oxygen atoms in total. The van der Waals surface area contributed by atoms with E-state index in [9.17, 15) is 0 Å². The molecule has 0 spiro atoms. The Morgan fingerprint density at radius 3 is 1.03 bits per heavy atom. The van der Waals surface area contributed by atoms with E-state index >= 15 is 0 Å². The predicted octanol–water partition coefficient (Wildman–Crippen LogP) is 8.01. The van der Waals surface area contributed by atoms with E-state index in [0.717, 1.165) is 12.8 Å². The molecule has 0 aliphatic heterocycles. The Morgan fingerprint density at radius 2 is 0.897 bits per heavy atom. The molecule has 0 atom stereocenters. The van der Waals surface area contributed by atoms with Crippen LogP contribution in [0.3, 0.4) is 0 Å². The van der Waals surface area contributed by atoms with E-state index in [4.69, 9.17) is 56.6 Å². The van der Waals surface area contributed by atoms with Gasteiger partial charge in [0.2, 0.25) is 0 Å². The molecule has 0 amide bonds. The Labute approximate surface area is 210 Å². The number of benzene rings is 2. The van der Waals surface area contributed by atoms with E-state index in [1.807, 2.05) is 24.3 Å². The first-order valence-electron chi connectivity index (χ1n) is 8.10. The maximum absolute atomic E-state index is 8.82. The number of hydrogen-bond acceptors (Lipinski definition) is 2. The summed E-state index contributed by atoms with van der Waals surface area (Å²) in [5, 5.41) is 19.4. The van der Waals surface area contributed by atoms with Gasteiger partial charge in [0.05, 0.1) is 0 Å². The topological polar surface area (TPSA) is 40.5 Å². The van der Waals surface area contributed by atoms with E-state index in [-0.39, 0.29) is 37.7 Å². The molecule has 0 fully saturated rings. The second-order valence-electron chi connectivity index (χ2n) is 5.26. The summed E-state index contributed by atoms with van der Waals surface area (Å²) in [6.07, 6.45) is 20.0. The summed E-state index contributed by atoms with van der Waals surface area (Å²) in [6.45, 7) is 0. The van der Waals surface area contributed by atoms with Crippen LogP contribution in [-0.4, -0.2) is 10.2 Å². The van der Waals surface area contributed by atoms with Crippen molar-refractivity contribution in [1.29, 1.82) is 0 Å². The number of allylic oxidation sites excluding steroid dienone is 8. The van der Waals surface area contributed by atoms with E-state index < -0.39 is 0 Å². The molecule has 2 aromatic rings. The van der Waals surface area contributed by atoms with Crippen molar-refractivity contribution >= 4 is 46.4 Å². The molecule has 150 valence electrons. The van der Waals surface area contributed by atoms with Crippen molar-refractivity contribution in [3.63, 3.8) is 0 Å². The molecule has 0 radical (unpaired) electrons. The Balaban J connectivity index is 0.000000369. The number of phenols is 2. The molecule has 2 aliphatic rings. The van der Waals surface area contributed by atoms with Gasteiger partial charge in [-0.3, -0.25) is 12.2 Å². The van der Waals surface area contributed by atoms with Gasteiger partial charge < -0.3 is 10.2 Å². The first-order chi connectivity index (χ1) is 13.4. The van der Waals surface area contributed by atoms with Gasteiger partial charge in [0, 0.05) is 20.1 Å². The quantitative estimate of drug-likeness (QED) is 0.328. The molecule has 2 aliphatic carbocycles. The van der Waals surface area contributed by atoms with Crippen molar-refractivity contribution < 1.29 is 36.4 Å². The third-order valence-electron chi connectivity index (χ3n) is 2.87. The zero-order valence-electron chi connectivity index (χ0n) is 15.2. The Kier molecular flexibility index (Phi) is 16.2. The van der Waals surface area contributed by atoms with Gasteiger partial charge in [-0.15, -0.1) is 12.8 Å². The second-order valence-corrected chi connectivity index (χ2v) is 7.01. The zero-order valence-corrected chi connectivity index (χ0v) is 20.7. The summed E-state index contributed by atoms with van der Waals surface area (Å²) in [6, 6.07) is 8.81. The van der Waals surface area contributed by atoms with Gasteiger partial charge in [-0.05, 0) is 36.4 Å². The van der Waals surface area contributed by atoms with Crippen molar-refractivity contribution in [2.45, 2.75) is 12.8 Å². The van der Waals surface area contributed by atoms with Crippen LogP contribution in [0.2, 0.25) is 20.1 Å². The average molecular weight is 547 g/mol. The Hall–Kier alpha value is -0.957. The summed E-state index contributed by atoms with van der Waals surface area (Å²) in [5.74, 6) is 0.181. The third-order valence-corrected chi connectivity index (χ3v) is 3.74. The van der Waals surface area contributed by atoms with Gasteiger partial charge in [-0.2, -0.15) is 12.2 Å². The van der Waals surface area contributed by atoms with Crippen LogP contribution in [0.1, 0.15) is 12.8 Å². The van der Waals surface area contributed by atoms with Crippen molar-refractivity contribution in [3.8, 4) is 11.5 Å². The van der Waals surface area contributed by atoms with Gasteiger partial charge in [-0.1, -0.05) is 46.4 Å². The van der Waals surface area contributed by atoms with Gasteiger partial charge in [0.25, 0.3) is 0 Å². The van der Waals surface area contributed by atoms with Crippen molar-refractivity contribution in [3.05, 3.63) is 105 Å². The fourth-order valence-electron chi connectivity index (χ4n) is 1.76. The Bertz CT molecular complexity index is 669. The first kappa shape index (κ1) is 28.0. The van der Waals surface area contributed by atoms with Gasteiger partial charge in [0.1, 0.15) is 11.5 Å². The second kappa shape index (κ2) is 16.8.